The van der Waals surface area contributed by atoms with E-state index in [4.69, 9.17) is 0 Å². The zero-order valence-corrected chi connectivity index (χ0v) is 77.7. The molecule has 120 aliphatic rings. The number of rotatable bonds is 1. The maximum absolute atomic E-state index is 3.03. The van der Waals surface area contributed by atoms with E-state index in [1.165, 1.54) is 536 Å². The molecule has 141 unspecified atom stereocenters. The first-order valence-corrected chi connectivity index (χ1v) is 72.8. The third-order valence-electron chi connectivity index (χ3n) is 141. The second-order valence-electron chi connectivity index (χ2n) is 100. The molecule has 120 aliphatic carbocycles. The first-order valence-electron chi connectivity index (χ1n) is 72.8. The van der Waals surface area contributed by atoms with E-state index in [0.717, 1.165) is 249 Å². The van der Waals surface area contributed by atoms with Gasteiger partial charge in [-0.05, 0) is 804 Å². The minimum Gasteiger partial charge on any atom is -0.0651 e. The van der Waals surface area contributed by atoms with Gasteiger partial charge in [0.1, 0.15) is 0 Å². The molecule has 0 radical (unpaired) electrons. The highest BCUT2D eigenvalue weighted by atomic mass is 16.0. The molecule has 0 heterocycles. The van der Waals surface area contributed by atoms with Crippen molar-refractivity contribution < 1.29 is 0 Å². The molecule has 638 valence electrons. The van der Waals surface area contributed by atoms with E-state index in [-0.39, 0.29) is 0 Å². The molecule has 120 saturated carbocycles. The fraction of sp³-hybridized carbons (Fsp3) is 1.00. The van der Waals surface area contributed by atoms with Crippen LogP contribution in [0.1, 0.15) is 32.6 Å². The van der Waals surface area contributed by atoms with E-state index in [2.05, 4.69) is 6.92 Å². The molecule has 0 N–H and O–H groups in total. The van der Waals surface area contributed by atoms with E-state index in [0.29, 0.717) is 0 Å². The minimum atomic E-state index is 1.09. The highest BCUT2D eigenvalue weighted by molar-refractivity contribution is 7.09. The van der Waals surface area contributed by atoms with E-state index >= 15 is 0 Å². The van der Waals surface area contributed by atoms with Gasteiger partial charge in [0, 0.05) is 0 Å². The maximum Gasteiger partial charge on any atom is -0.000000408 e. The van der Waals surface area contributed by atoms with Crippen LogP contribution < -0.4 is 0 Å². The normalized spacial score (nSPS) is 161. The second kappa shape index (κ2) is 5.78. The Morgan fingerprint density at radius 3 is 0.329 bits per heavy atom. The molecule has 0 aliphatic heterocycles. The van der Waals surface area contributed by atoms with Crippen molar-refractivity contribution in [1.29, 1.82) is 0 Å². The highest BCUT2D eigenvalue weighted by Gasteiger charge is 3.98. The van der Waals surface area contributed by atoms with Crippen LogP contribution in [0.4, 0.5) is 0 Å². The van der Waals surface area contributed by atoms with Crippen molar-refractivity contribution in [3.8, 4) is 0 Å². The summed E-state index contributed by atoms with van der Waals surface area (Å²) in [5, 5.41) is 0. The third kappa shape index (κ3) is 0.735. The van der Waals surface area contributed by atoms with Gasteiger partial charge >= 0.3 is 0 Å². The second-order valence-corrected chi connectivity index (χ2v) is 100. The monoisotopic (exact) mass is 1810 g/mol. The maximum atomic E-state index is 3.03. The standard InChI is InChI=1S/C146H54/c1-2-6-13-21-29-32-25-17-9-5-12-20-28-34-38-42-46-45-41-37-33-26-18-10-3-7-15-23-31-24-16-8-4-11-19-27-35-39-43-47-48-44-40-36-30-22-14(6)52(13)59(21)67(29)70(32)63(25)55(17)51(9,12)58(20)66(28)73(34)76(38)80(42)84(46)83(45)79(41)75(37)71(33)64(26)56(18)49(7,10)53(15)61(23)69(31)62(24)54(16)50(8,11)57(19)65(27)72(35)77(39)81(43)85(47)86(48)82(44)78(40)74(36)68(30)60(22,52)90(59)97(67)100(70)93(63)89(55,58)96(66)103(73)107(76)110(80)114(84)113(83)109(79)105(75)101(71)94(64)87(53,56)91(61)99(69)92(62)88(54,57)95(65)102(72)106(77)111(81)115(85)116(86)112(82)108(78)104(74)98(68,90)120(97)122(100)119(93,96)125(103)129(107)133(110)136(114)135(113)131(109)127(105)123(101)117(91,94)121(99)118(92,95)124(102)128(106)132(111)137(115)138(116)134(112)130(108)126(104,120)140(122,125)142(129,130)144(133,134)146(136,138)145(135,137)143(131,132)141(127,128)139(121,123)124/h6-48H,2-5H2,1H3. The SMILES string of the molecule is CCC1C2C3C4C5C6C7C8CC9C%10C%11C%12C%13C%14C%15C%16C%17C%18C%19C%20C%21C%22CC%23C%24C%25C%26C%27C%28C%29CC%30C%31C%32C%33C%34C%35C%36C%37C%38C%39C%40C%41C%42C1C21C32C43C54C65C76C89C%107C%118C%129C%13%10C%14%11C%15%12C%16%13C%17%14C%18%15C%19%16C%20%17C%21%18C%23%22C%24%19C%25%20C%26%21C%27%22C%28%23C%29%30C%31%24C%32%25C%33%26C%34%27C%35%28C%36%29C%37%30C%38%31C%39%32C%40%33C%41%34C%421C21C32C43C54C67C85C96C%107C%118C%129C%13%10C%14%11C%15%12C%16%13C%17%14C%19%18C%20%15C%21%16C%22%17C%23%24C%25%18C%26%19C%27%20C%28%21C%29%22C%30%23C%31%24C%32%25C%33%26C%341C21C32C45C63C74C85C96C%107C%118C%129C%13%10C%15%14C%16%11C%17%18C%19%12C%20%13C%21%14C%22%15C%23%16C%24%17C%25%18C%261C23C4%18C5%17C6%16C7%15C8%14C9%13C%11%10%12. The molecule has 141 atom stereocenters. The molecule has 0 aromatic carbocycles. The summed E-state index contributed by atoms with van der Waals surface area (Å²) in [6, 6.07) is 0. The van der Waals surface area contributed by atoms with Crippen LogP contribution in [-0.2, 0) is 0 Å². The van der Waals surface area contributed by atoms with Crippen molar-refractivity contribution in [1.82, 2.24) is 0 Å². The molecular formula is C146H54. The van der Waals surface area contributed by atoms with Gasteiger partial charge in [-0.15, -0.1) is 0 Å². The molecule has 0 aromatic rings. The van der Waals surface area contributed by atoms with E-state index in [1.807, 2.05) is 19.3 Å². The van der Waals surface area contributed by atoms with Crippen LogP contribution in [-0.4, -0.2) is 0 Å². The Kier molecular flexibility index (Phi) is 1.73. The Hall–Kier alpha value is 0. The van der Waals surface area contributed by atoms with Crippen LogP contribution in [0.3, 0.4) is 0 Å². The number of hydrogen-bond donors (Lipinski definition) is 0. The van der Waals surface area contributed by atoms with Crippen LogP contribution in [0.2, 0.25) is 0 Å². The Balaban J connectivity index is 0.494. The molecule has 0 aromatic heterocycles. The van der Waals surface area contributed by atoms with Crippen molar-refractivity contribution in [3.05, 3.63) is 303 Å². The zero-order valence-electron chi connectivity index (χ0n) is 77.7. The summed E-state index contributed by atoms with van der Waals surface area (Å²) in [6.07, 6.45) is 7.68. The summed E-state index contributed by atoms with van der Waals surface area (Å²) < 4.78 is 0. The Labute approximate surface area is 811 Å². The molecule has 0 heteroatoms. The molecule has 0 nitrogen and oxygen atoms in total. The lowest BCUT2D eigenvalue weighted by Gasteiger charge is -3.87. The first-order chi connectivity index (χ1) is 72.8. The van der Waals surface area contributed by atoms with Crippen LogP contribution in [0, 0.1) is 785 Å². The van der Waals surface area contributed by atoms with Gasteiger partial charge in [0.15, 0.2) is 0 Å². The molecule has 120 fully saturated rings. The van der Waals surface area contributed by atoms with Crippen LogP contribution in [0.15, 0.2) is 0 Å². The van der Waals surface area contributed by atoms with Gasteiger partial charge in [-0.1, -0.05) is 13.3 Å². The van der Waals surface area contributed by atoms with Crippen molar-refractivity contribution in [2.75, 3.05) is 0 Å². The number of hydrogen-bond acceptors (Lipinski definition) is 0. The minimum absolute atomic E-state index is 1.09. The average molecular weight is 1810 g/mol. The third-order valence-corrected chi connectivity index (χ3v) is 141. The van der Waals surface area contributed by atoms with Gasteiger partial charge in [0.05, 0.1) is 0 Å². The molecular weight excluding hydrogens is 1750 g/mol. The van der Waals surface area contributed by atoms with E-state index in [1.54, 1.807) is 6.42 Å². The molecule has 146 heavy (non-hydrogen) atoms. The summed E-state index contributed by atoms with van der Waals surface area (Å²) in [6.45, 7) is 3.03. The fourth-order valence-corrected chi connectivity index (χ4v) is 191. The molecule has 98 spiro atoms. The van der Waals surface area contributed by atoms with Gasteiger partial charge in [-0.2, -0.15) is 0 Å². The van der Waals surface area contributed by atoms with E-state index < -0.39 is 0 Å². The van der Waals surface area contributed by atoms with Gasteiger partial charge in [0.25, 0.3) is 0 Å². The van der Waals surface area contributed by atoms with Crippen LogP contribution in [0.5, 0.6) is 0 Å². The van der Waals surface area contributed by atoms with E-state index in [9.17, 15) is 0 Å². The van der Waals surface area contributed by atoms with Crippen LogP contribution >= 0.6 is 0 Å². The highest BCUT2D eigenvalue weighted by Crippen LogP contribution is 4.04. The van der Waals surface area contributed by atoms with Gasteiger partial charge in [-0.25, -0.2) is 0 Å². The van der Waals surface area contributed by atoms with Crippen molar-refractivity contribution in [2.45, 2.75) is 32.6 Å². The summed E-state index contributed by atoms with van der Waals surface area (Å²) >= 11 is 0. The van der Waals surface area contributed by atoms with Crippen molar-refractivity contribution >= 4 is 0 Å². The Bertz CT molecular complexity index is 13000. The first kappa shape index (κ1) is 43.7. The average Bonchev–Trinajstić information content (AvgIpc) is 0.384. The quantitative estimate of drug-likeness (QED) is 0.245. The number of fused-ring (bicyclic) bond motifs is 38. The zero-order chi connectivity index (χ0) is 77.7. The lowest BCUT2D eigenvalue weighted by molar-refractivity contribution is -1.07. The Morgan fingerprint density at radius 1 is 0.0959 bits per heavy atom. The lowest BCUT2D eigenvalue weighted by Crippen LogP contribution is -3.80. The van der Waals surface area contributed by atoms with Gasteiger partial charge in [0.2, 0.25) is 0 Å². The topological polar surface area (TPSA) is 0 Å². The predicted molar refractivity (Wildman–Crippen MR) is 458 cm³/mol. The van der Waals surface area contributed by atoms with Crippen molar-refractivity contribution in [2.24, 2.45) is 482 Å². The van der Waals surface area contributed by atoms with Gasteiger partial charge < -0.3 is 0 Å². The molecule has 0 amide bonds. The Morgan fingerprint density at radius 2 is 0.192 bits per heavy atom. The van der Waals surface area contributed by atoms with Crippen LogP contribution in [0.25, 0.3) is 0 Å². The van der Waals surface area contributed by atoms with Crippen molar-refractivity contribution in [3.63, 3.8) is 0 Å². The fourth-order valence-electron chi connectivity index (χ4n) is 191. The molecule has 0 saturated heterocycles. The smallest absolute Gasteiger partial charge is 0.000000408 e. The lowest BCUT2D eigenvalue weighted by atomic mass is 8.15. The molecule has 0 bridgehead atoms. The summed E-state index contributed by atoms with van der Waals surface area (Å²) in [5.41, 5.74) is 114. The van der Waals surface area contributed by atoms with Gasteiger partial charge in [-0.3, -0.25) is 0 Å². The molecule has 120 rings (SSSR count). The summed E-state index contributed by atoms with van der Waals surface area (Å²) in [4.78, 5) is 0. The summed E-state index contributed by atoms with van der Waals surface area (Å²) in [5.74, 6) is 63.3. The largest absolute Gasteiger partial charge is 0.0651 e. The summed E-state index contributed by atoms with van der Waals surface area (Å²) in [7, 11) is 0. The predicted octanol–water partition coefficient (Wildman–Crippen LogP) is 11.9.